The van der Waals surface area contributed by atoms with Gasteiger partial charge in [-0.05, 0) is 24.6 Å². The smallest absolute Gasteiger partial charge is 0.254 e. The van der Waals surface area contributed by atoms with Gasteiger partial charge in [0.25, 0.3) is 5.78 Å². The third-order valence-corrected chi connectivity index (χ3v) is 4.37. The highest BCUT2D eigenvalue weighted by Gasteiger charge is 2.20. The molecule has 4 rings (SSSR count). The fourth-order valence-corrected chi connectivity index (χ4v) is 3.18. The van der Waals surface area contributed by atoms with Crippen molar-refractivity contribution in [1.29, 1.82) is 0 Å². The summed E-state index contributed by atoms with van der Waals surface area (Å²) < 4.78 is 1.80. The Kier molecular flexibility index (Phi) is 3.78. The molecule has 0 atom stereocenters. The first-order valence-corrected chi connectivity index (χ1v) is 8.12. The largest absolute Gasteiger partial charge is 0.508 e. The Morgan fingerprint density at radius 1 is 1.12 bits per heavy atom. The summed E-state index contributed by atoms with van der Waals surface area (Å²) in [4.78, 5) is 13.3. The maximum Gasteiger partial charge on any atom is 0.254 e. The van der Waals surface area contributed by atoms with Crippen LogP contribution in [0.15, 0.2) is 36.7 Å². The molecule has 1 N–H and O–H groups in total. The standard InChI is InChI=1S/C17H20N6O/c1-13-9-16(23-17(20-13)18-12-19-23)22-7-5-21(6-8-22)11-14-3-2-4-15(24)10-14/h2-4,9-10,12,24H,5-8,11H2,1H3. The Morgan fingerprint density at radius 3 is 2.75 bits per heavy atom. The summed E-state index contributed by atoms with van der Waals surface area (Å²) in [5.74, 6) is 2.02. The number of aromatic hydroxyl groups is 1. The van der Waals surface area contributed by atoms with Crippen LogP contribution in [0.1, 0.15) is 11.3 Å². The molecule has 7 heteroatoms. The minimum Gasteiger partial charge on any atom is -0.508 e. The maximum atomic E-state index is 9.59. The van der Waals surface area contributed by atoms with E-state index in [2.05, 4.69) is 37.0 Å². The molecule has 0 aliphatic carbocycles. The number of benzene rings is 1. The topological polar surface area (TPSA) is 69.8 Å². The SMILES string of the molecule is Cc1cc(N2CCN(Cc3cccc(O)c3)CC2)n2ncnc2n1. The fourth-order valence-electron chi connectivity index (χ4n) is 3.18. The van der Waals surface area contributed by atoms with Gasteiger partial charge in [-0.3, -0.25) is 4.90 Å². The molecule has 1 aliphatic heterocycles. The molecule has 3 heterocycles. The molecule has 0 unspecified atom stereocenters. The van der Waals surface area contributed by atoms with Crippen molar-refractivity contribution < 1.29 is 5.11 Å². The van der Waals surface area contributed by atoms with Crippen LogP contribution in [-0.2, 0) is 6.54 Å². The van der Waals surface area contributed by atoms with Crippen molar-refractivity contribution in [1.82, 2.24) is 24.5 Å². The molecule has 7 nitrogen and oxygen atoms in total. The highest BCUT2D eigenvalue weighted by atomic mass is 16.3. The van der Waals surface area contributed by atoms with Crippen LogP contribution in [0.3, 0.4) is 0 Å². The molecular formula is C17H20N6O. The molecule has 2 aromatic heterocycles. The van der Waals surface area contributed by atoms with E-state index in [-0.39, 0.29) is 0 Å². The highest BCUT2D eigenvalue weighted by Crippen LogP contribution is 2.19. The molecular weight excluding hydrogens is 304 g/mol. The first kappa shape index (κ1) is 14.9. The van der Waals surface area contributed by atoms with Gasteiger partial charge in [-0.2, -0.15) is 14.6 Å². The van der Waals surface area contributed by atoms with Gasteiger partial charge in [-0.1, -0.05) is 12.1 Å². The number of aryl methyl sites for hydroxylation is 1. The van der Waals surface area contributed by atoms with Gasteiger partial charge >= 0.3 is 0 Å². The minimum absolute atomic E-state index is 0.326. The predicted molar refractivity (Wildman–Crippen MR) is 91.1 cm³/mol. The van der Waals surface area contributed by atoms with E-state index >= 15 is 0 Å². The number of aromatic nitrogens is 4. The monoisotopic (exact) mass is 324 g/mol. The van der Waals surface area contributed by atoms with Gasteiger partial charge in [0.15, 0.2) is 0 Å². The molecule has 0 spiro atoms. The van der Waals surface area contributed by atoms with Crippen LogP contribution in [0.2, 0.25) is 0 Å². The number of phenols is 1. The van der Waals surface area contributed by atoms with Crippen LogP contribution in [0.5, 0.6) is 5.75 Å². The Bertz CT molecular complexity index is 853. The van der Waals surface area contributed by atoms with Crippen molar-refractivity contribution in [3.8, 4) is 5.75 Å². The zero-order valence-corrected chi connectivity index (χ0v) is 13.6. The molecule has 0 amide bonds. The van der Waals surface area contributed by atoms with E-state index in [0.29, 0.717) is 11.5 Å². The Morgan fingerprint density at radius 2 is 1.96 bits per heavy atom. The predicted octanol–water partition coefficient (Wildman–Crippen LogP) is 1.46. The van der Waals surface area contributed by atoms with E-state index in [1.807, 2.05) is 19.1 Å². The van der Waals surface area contributed by atoms with E-state index in [0.717, 1.165) is 49.8 Å². The van der Waals surface area contributed by atoms with Gasteiger partial charge in [-0.15, -0.1) is 0 Å². The van der Waals surface area contributed by atoms with Crippen molar-refractivity contribution in [3.05, 3.63) is 47.9 Å². The number of anilines is 1. The molecule has 124 valence electrons. The molecule has 0 saturated carbocycles. The lowest BCUT2D eigenvalue weighted by molar-refractivity contribution is 0.248. The third kappa shape index (κ3) is 2.90. The molecule has 0 bridgehead atoms. The van der Waals surface area contributed by atoms with Crippen LogP contribution in [0.25, 0.3) is 5.78 Å². The number of phenolic OH excluding ortho intramolecular Hbond substituents is 1. The molecule has 3 aromatic rings. The van der Waals surface area contributed by atoms with E-state index in [9.17, 15) is 5.11 Å². The first-order valence-electron chi connectivity index (χ1n) is 8.12. The molecule has 1 aliphatic rings. The number of rotatable bonds is 3. The van der Waals surface area contributed by atoms with Gasteiger partial charge in [0, 0.05) is 44.5 Å². The van der Waals surface area contributed by atoms with Crippen LogP contribution < -0.4 is 4.90 Å². The summed E-state index contributed by atoms with van der Waals surface area (Å²) in [5.41, 5.74) is 2.09. The van der Waals surface area contributed by atoms with Crippen molar-refractivity contribution in [2.24, 2.45) is 0 Å². The Balaban J connectivity index is 1.46. The van der Waals surface area contributed by atoms with Gasteiger partial charge in [0.2, 0.25) is 0 Å². The van der Waals surface area contributed by atoms with E-state index in [4.69, 9.17) is 0 Å². The average molecular weight is 324 g/mol. The second kappa shape index (κ2) is 6.09. The number of fused-ring (bicyclic) bond motifs is 1. The number of piperazine rings is 1. The molecule has 1 fully saturated rings. The lowest BCUT2D eigenvalue weighted by Gasteiger charge is -2.36. The van der Waals surface area contributed by atoms with Gasteiger partial charge in [-0.25, -0.2) is 4.98 Å². The normalized spacial score (nSPS) is 16.0. The van der Waals surface area contributed by atoms with Gasteiger partial charge < -0.3 is 10.0 Å². The zero-order valence-electron chi connectivity index (χ0n) is 13.6. The summed E-state index contributed by atoms with van der Waals surface area (Å²) >= 11 is 0. The van der Waals surface area contributed by atoms with E-state index in [1.165, 1.54) is 0 Å². The van der Waals surface area contributed by atoms with Gasteiger partial charge in [0.1, 0.15) is 17.9 Å². The summed E-state index contributed by atoms with van der Waals surface area (Å²) in [6, 6.07) is 9.54. The minimum atomic E-state index is 0.326. The maximum absolute atomic E-state index is 9.59. The molecule has 0 radical (unpaired) electrons. The number of hydrogen-bond donors (Lipinski definition) is 1. The molecule has 1 saturated heterocycles. The second-order valence-electron chi connectivity index (χ2n) is 6.16. The average Bonchev–Trinajstić information content (AvgIpc) is 3.03. The zero-order chi connectivity index (χ0) is 16.5. The van der Waals surface area contributed by atoms with E-state index in [1.54, 1.807) is 16.9 Å². The van der Waals surface area contributed by atoms with Crippen LogP contribution in [0, 0.1) is 6.92 Å². The van der Waals surface area contributed by atoms with Crippen molar-refractivity contribution >= 4 is 11.6 Å². The van der Waals surface area contributed by atoms with Crippen LogP contribution >= 0.6 is 0 Å². The van der Waals surface area contributed by atoms with Crippen LogP contribution in [0.4, 0.5) is 5.82 Å². The number of hydrogen-bond acceptors (Lipinski definition) is 6. The Hall–Kier alpha value is -2.67. The second-order valence-corrected chi connectivity index (χ2v) is 6.16. The highest BCUT2D eigenvalue weighted by molar-refractivity contribution is 5.47. The summed E-state index contributed by atoms with van der Waals surface area (Å²) in [7, 11) is 0. The summed E-state index contributed by atoms with van der Waals surface area (Å²) in [5, 5.41) is 13.9. The molecule has 1 aromatic carbocycles. The summed E-state index contributed by atoms with van der Waals surface area (Å²) in [6.07, 6.45) is 1.55. The van der Waals surface area contributed by atoms with Crippen molar-refractivity contribution in [2.45, 2.75) is 13.5 Å². The van der Waals surface area contributed by atoms with E-state index < -0.39 is 0 Å². The van der Waals surface area contributed by atoms with Crippen LogP contribution in [-0.4, -0.2) is 55.8 Å². The lowest BCUT2D eigenvalue weighted by Crippen LogP contribution is -2.46. The number of nitrogens with zero attached hydrogens (tertiary/aromatic N) is 6. The lowest BCUT2D eigenvalue weighted by atomic mass is 10.2. The van der Waals surface area contributed by atoms with Crippen molar-refractivity contribution in [2.75, 3.05) is 31.1 Å². The third-order valence-electron chi connectivity index (χ3n) is 4.37. The van der Waals surface area contributed by atoms with Gasteiger partial charge in [0.05, 0.1) is 0 Å². The quantitative estimate of drug-likeness (QED) is 0.786. The fraction of sp³-hybridized carbons (Fsp3) is 0.353. The van der Waals surface area contributed by atoms with Crippen molar-refractivity contribution in [3.63, 3.8) is 0 Å². The molecule has 24 heavy (non-hydrogen) atoms. The summed E-state index contributed by atoms with van der Waals surface area (Å²) in [6.45, 7) is 6.63. The Labute approximate surface area is 140 Å². The first-order chi connectivity index (χ1) is 11.7.